The van der Waals surface area contributed by atoms with Crippen LogP contribution >= 0.6 is 0 Å². The van der Waals surface area contributed by atoms with Crippen molar-refractivity contribution < 1.29 is 28.6 Å². The molecule has 0 aliphatic carbocycles. The van der Waals surface area contributed by atoms with Gasteiger partial charge in [0.15, 0.2) is 6.10 Å². The van der Waals surface area contributed by atoms with Crippen LogP contribution in [0.4, 0.5) is 0 Å². The van der Waals surface area contributed by atoms with E-state index in [0.717, 1.165) is 70.6 Å². The zero-order chi connectivity index (χ0) is 54.3. The SMILES string of the molecule is CCCCCCC/C=C\C/C=C\CCCCCCCCCCCCCCCCCCCCCC(=O)OCC(COC(=O)CCCCCCCCCCCCC)OC(=O)CCCCCCC/C=C\CCCCCCCC. The molecule has 1 atom stereocenters. The van der Waals surface area contributed by atoms with Crippen molar-refractivity contribution in [1.82, 2.24) is 0 Å². The predicted octanol–water partition coefficient (Wildman–Crippen LogP) is 22.8. The minimum atomic E-state index is -0.772. The molecule has 75 heavy (non-hydrogen) atoms. The molecule has 0 saturated carbocycles. The molecule has 0 spiro atoms. The van der Waals surface area contributed by atoms with Crippen LogP contribution in [0, 0.1) is 0 Å². The summed E-state index contributed by atoms with van der Waals surface area (Å²) in [5.41, 5.74) is 0. The summed E-state index contributed by atoms with van der Waals surface area (Å²) in [7, 11) is 0. The molecule has 0 aromatic heterocycles. The van der Waals surface area contributed by atoms with Gasteiger partial charge in [-0.3, -0.25) is 14.4 Å². The highest BCUT2D eigenvalue weighted by Gasteiger charge is 2.19. The van der Waals surface area contributed by atoms with Crippen molar-refractivity contribution in [2.75, 3.05) is 13.2 Å². The Morgan fingerprint density at radius 2 is 0.480 bits per heavy atom. The first-order chi connectivity index (χ1) is 37.0. The molecule has 0 amide bonds. The van der Waals surface area contributed by atoms with E-state index in [4.69, 9.17) is 14.2 Å². The fourth-order valence-electron chi connectivity index (χ4n) is 10.1. The molecule has 0 radical (unpaired) electrons. The van der Waals surface area contributed by atoms with Gasteiger partial charge in [-0.05, 0) is 77.0 Å². The van der Waals surface area contributed by atoms with Crippen LogP contribution < -0.4 is 0 Å². The third-order valence-electron chi connectivity index (χ3n) is 15.1. The number of esters is 3. The Labute approximate surface area is 467 Å². The molecule has 0 aliphatic heterocycles. The molecular formula is C69H128O6. The zero-order valence-electron chi connectivity index (χ0n) is 50.6. The predicted molar refractivity (Wildman–Crippen MR) is 326 cm³/mol. The smallest absolute Gasteiger partial charge is 0.306 e. The van der Waals surface area contributed by atoms with Gasteiger partial charge in [0, 0.05) is 19.3 Å². The zero-order valence-corrected chi connectivity index (χ0v) is 50.6. The quantitative estimate of drug-likeness (QED) is 0.0261. The van der Waals surface area contributed by atoms with Crippen molar-refractivity contribution in [3.63, 3.8) is 0 Å². The number of allylic oxidation sites excluding steroid dienone is 6. The van der Waals surface area contributed by atoms with Crippen LogP contribution in [-0.2, 0) is 28.6 Å². The Morgan fingerprint density at radius 1 is 0.267 bits per heavy atom. The number of carbonyl (C=O) groups excluding carboxylic acids is 3. The lowest BCUT2D eigenvalue weighted by Crippen LogP contribution is -2.30. The first kappa shape index (κ1) is 72.6. The van der Waals surface area contributed by atoms with Gasteiger partial charge in [0.2, 0.25) is 0 Å². The van der Waals surface area contributed by atoms with Gasteiger partial charge in [0.1, 0.15) is 13.2 Å². The average Bonchev–Trinajstić information content (AvgIpc) is 3.41. The summed E-state index contributed by atoms with van der Waals surface area (Å²) in [5, 5.41) is 0. The molecule has 0 fully saturated rings. The summed E-state index contributed by atoms with van der Waals surface area (Å²) in [5.74, 6) is -0.856. The van der Waals surface area contributed by atoms with Crippen LogP contribution in [-0.4, -0.2) is 37.2 Å². The number of hydrogen-bond donors (Lipinski definition) is 0. The highest BCUT2D eigenvalue weighted by atomic mass is 16.6. The second kappa shape index (κ2) is 64.2. The molecule has 0 aromatic rings. The molecule has 0 aliphatic rings. The van der Waals surface area contributed by atoms with Crippen LogP contribution in [0.15, 0.2) is 36.5 Å². The van der Waals surface area contributed by atoms with Crippen LogP contribution in [0.1, 0.15) is 367 Å². The van der Waals surface area contributed by atoms with E-state index in [9.17, 15) is 14.4 Å². The van der Waals surface area contributed by atoms with Crippen molar-refractivity contribution in [2.24, 2.45) is 0 Å². The van der Waals surface area contributed by atoms with Crippen LogP contribution in [0.5, 0.6) is 0 Å². The Morgan fingerprint density at radius 3 is 0.747 bits per heavy atom. The molecular weight excluding hydrogens is 925 g/mol. The second-order valence-electron chi connectivity index (χ2n) is 22.7. The highest BCUT2D eigenvalue weighted by molar-refractivity contribution is 5.71. The van der Waals surface area contributed by atoms with Crippen molar-refractivity contribution in [2.45, 2.75) is 374 Å². The van der Waals surface area contributed by atoms with E-state index in [2.05, 4.69) is 57.2 Å². The van der Waals surface area contributed by atoms with Gasteiger partial charge >= 0.3 is 17.9 Å². The first-order valence-corrected chi connectivity index (χ1v) is 33.5. The molecule has 6 heteroatoms. The number of ether oxygens (including phenoxy) is 3. The maximum atomic E-state index is 12.9. The lowest BCUT2D eigenvalue weighted by molar-refractivity contribution is -0.167. The topological polar surface area (TPSA) is 78.9 Å². The normalized spacial score (nSPS) is 12.2. The van der Waals surface area contributed by atoms with E-state index in [0.29, 0.717) is 19.3 Å². The third kappa shape index (κ3) is 62.4. The number of hydrogen-bond acceptors (Lipinski definition) is 6. The van der Waals surface area contributed by atoms with E-state index >= 15 is 0 Å². The van der Waals surface area contributed by atoms with Gasteiger partial charge in [-0.1, -0.05) is 308 Å². The third-order valence-corrected chi connectivity index (χ3v) is 15.1. The molecule has 1 unspecified atom stereocenters. The van der Waals surface area contributed by atoms with E-state index in [1.807, 2.05) is 0 Å². The lowest BCUT2D eigenvalue weighted by Gasteiger charge is -2.18. The molecule has 0 heterocycles. The highest BCUT2D eigenvalue weighted by Crippen LogP contribution is 2.18. The summed E-state index contributed by atoms with van der Waals surface area (Å²) in [4.78, 5) is 38.2. The maximum absolute atomic E-state index is 12.9. The van der Waals surface area contributed by atoms with E-state index in [-0.39, 0.29) is 31.1 Å². The molecule has 0 N–H and O–H groups in total. The van der Waals surface area contributed by atoms with Gasteiger partial charge in [0.25, 0.3) is 0 Å². The number of unbranched alkanes of at least 4 members (excludes halogenated alkanes) is 45. The molecule has 440 valence electrons. The minimum absolute atomic E-state index is 0.0699. The first-order valence-electron chi connectivity index (χ1n) is 33.5. The number of carbonyl (C=O) groups is 3. The fourth-order valence-corrected chi connectivity index (χ4v) is 10.1. The van der Waals surface area contributed by atoms with Gasteiger partial charge in [0.05, 0.1) is 0 Å². The van der Waals surface area contributed by atoms with Crippen LogP contribution in [0.25, 0.3) is 0 Å². The van der Waals surface area contributed by atoms with Gasteiger partial charge in [-0.25, -0.2) is 0 Å². The summed E-state index contributed by atoms with van der Waals surface area (Å²) in [6, 6.07) is 0. The molecule has 0 rings (SSSR count). The number of rotatable bonds is 62. The van der Waals surface area contributed by atoms with E-state index in [1.165, 1.54) is 257 Å². The average molecular weight is 1050 g/mol. The summed E-state index contributed by atoms with van der Waals surface area (Å²) in [6.45, 7) is 6.66. The lowest BCUT2D eigenvalue weighted by atomic mass is 10.0. The monoisotopic (exact) mass is 1050 g/mol. The van der Waals surface area contributed by atoms with Gasteiger partial charge in [-0.2, -0.15) is 0 Å². The van der Waals surface area contributed by atoms with Crippen molar-refractivity contribution in [1.29, 1.82) is 0 Å². The van der Waals surface area contributed by atoms with Crippen molar-refractivity contribution in [3.05, 3.63) is 36.5 Å². The second-order valence-corrected chi connectivity index (χ2v) is 22.7. The van der Waals surface area contributed by atoms with Crippen molar-refractivity contribution >= 4 is 17.9 Å². The molecule has 0 saturated heterocycles. The molecule has 0 bridgehead atoms. The van der Waals surface area contributed by atoms with E-state index in [1.54, 1.807) is 0 Å². The van der Waals surface area contributed by atoms with Crippen LogP contribution in [0.3, 0.4) is 0 Å². The Hall–Kier alpha value is -2.37. The standard InChI is InChI=1S/C69H128O6/c1-4-7-10-13-16-19-22-24-26-27-28-29-30-31-32-33-34-35-36-37-38-39-40-41-43-44-47-50-53-56-59-62-68(71)74-65-66(64-73-67(70)61-58-55-52-49-46-21-18-15-12-9-6-3)75-69(72)63-60-57-54-51-48-45-42-25-23-20-17-14-11-8-5-2/h22,24-25,27-28,42,66H,4-21,23,26,29-41,43-65H2,1-3H3/b24-22-,28-27-,42-25-. The Balaban J connectivity index is 4.09. The molecule has 6 nitrogen and oxygen atoms in total. The summed E-state index contributed by atoms with van der Waals surface area (Å²) in [6.07, 6.45) is 78.9. The van der Waals surface area contributed by atoms with Gasteiger partial charge < -0.3 is 14.2 Å². The fraction of sp³-hybridized carbons (Fsp3) is 0.870. The Kier molecular flexibility index (Phi) is 62.1. The largest absolute Gasteiger partial charge is 0.462 e. The molecule has 0 aromatic carbocycles. The summed E-state index contributed by atoms with van der Waals surface area (Å²) >= 11 is 0. The maximum Gasteiger partial charge on any atom is 0.306 e. The van der Waals surface area contributed by atoms with Crippen LogP contribution in [0.2, 0.25) is 0 Å². The Bertz CT molecular complexity index is 1250. The minimum Gasteiger partial charge on any atom is -0.462 e. The summed E-state index contributed by atoms with van der Waals surface area (Å²) < 4.78 is 16.9. The van der Waals surface area contributed by atoms with Gasteiger partial charge in [-0.15, -0.1) is 0 Å². The van der Waals surface area contributed by atoms with Crippen molar-refractivity contribution in [3.8, 4) is 0 Å². The van der Waals surface area contributed by atoms with E-state index < -0.39 is 6.10 Å².